The summed E-state index contributed by atoms with van der Waals surface area (Å²) in [5, 5.41) is 0. The van der Waals surface area contributed by atoms with E-state index in [2.05, 4.69) is 0 Å². The average molecular weight is 195 g/mol. The van der Waals surface area contributed by atoms with Gasteiger partial charge >= 0.3 is 5.97 Å². The van der Waals surface area contributed by atoms with Gasteiger partial charge in [0.05, 0.1) is 13.4 Å². The molecule has 1 aromatic heterocycles. The zero-order valence-corrected chi connectivity index (χ0v) is 8.24. The number of furan rings is 1. The summed E-state index contributed by atoms with van der Waals surface area (Å²) in [6.45, 7) is 1.92. The molecule has 76 valence electrons. The number of fused-ring (bicyclic) bond motifs is 1. The molecule has 0 fully saturated rings. The Morgan fingerprint density at radius 2 is 2.50 bits per heavy atom. The van der Waals surface area contributed by atoms with E-state index in [9.17, 15) is 4.79 Å². The van der Waals surface area contributed by atoms with Crippen molar-refractivity contribution in [3.05, 3.63) is 23.7 Å². The van der Waals surface area contributed by atoms with Crippen LogP contribution in [-0.4, -0.2) is 13.1 Å². The summed E-state index contributed by atoms with van der Waals surface area (Å²) in [5.74, 6) is 0.417. The Kier molecular flexibility index (Phi) is 1.89. The van der Waals surface area contributed by atoms with E-state index in [1.54, 1.807) is 12.3 Å². The van der Waals surface area contributed by atoms with E-state index in [4.69, 9.17) is 14.9 Å². The van der Waals surface area contributed by atoms with Crippen molar-refractivity contribution >= 4 is 5.97 Å². The van der Waals surface area contributed by atoms with Crippen LogP contribution in [0.5, 0.6) is 0 Å². The minimum Gasteiger partial charge on any atom is -0.469 e. The van der Waals surface area contributed by atoms with Gasteiger partial charge in [-0.15, -0.1) is 0 Å². The molecule has 0 amide bonds. The molecule has 0 radical (unpaired) electrons. The van der Waals surface area contributed by atoms with Gasteiger partial charge in [0.1, 0.15) is 11.3 Å². The van der Waals surface area contributed by atoms with Crippen LogP contribution in [0.3, 0.4) is 0 Å². The first-order valence-corrected chi connectivity index (χ1v) is 4.54. The van der Waals surface area contributed by atoms with Gasteiger partial charge in [-0.2, -0.15) is 0 Å². The summed E-state index contributed by atoms with van der Waals surface area (Å²) in [7, 11) is 1.35. The fourth-order valence-electron chi connectivity index (χ4n) is 2.05. The Bertz CT molecular complexity index is 371. The van der Waals surface area contributed by atoms with E-state index >= 15 is 0 Å². The molecule has 1 heterocycles. The topological polar surface area (TPSA) is 65.5 Å². The Morgan fingerprint density at radius 1 is 1.79 bits per heavy atom. The third-order valence-electron chi connectivity index (χ3n) is 2.98. The molecule has 0 saturated carbocycles. The number of nitrogens with two attached hydrogens (primary N) is 1. The van der Waals surface area contributed by atoms with Crippen LogP contribution in [0.4, 0.5) is 0 Å². The molecule has 1 aromatic rings. The number of hydrogen-bond acceptors (Lipinski definition) is 4. The Hall–Kier alpha value is -1.29. The molecule has 14 heavy (non-hydrogen) atoms. The Balaban J connectivity index is 2.49. The number of esters is 1. The summed E-state index contributed by atoms with van der Waals surface area (Å²) in [5.41, 5.74) is 5.81. The largest absolute Gasteiger partial charge is 0.469 e. The molecule has 0 saturated heterocycles. The summed E-state index contributed by atoms with van der Waals surface area (Å²) >= 11 is 0. The number of rotatable bonds is 1. The molecule has 1 aliphatic rings. The number of carbonyl (C=O) groups excluding carboxylic acids is 1. The first-order chi connectivity index (χ1) is 6.60. The van der Waals surface area contributed by atoms with Crippen LogP contribution >= 0.6 is 0 Å². The lowest BCUT2D eigenvalue weighted by molar-refractivity contribution is -0.149. The van der Waals surface area contributed by atoms with Crippen LogP contribution in [0.1, 0.15) is 18.2 Å². The molecule has 2 atom stereocenters. The molecule has 0 aliphatic heterocycles. The number of methoxy groups -OCH3 is 1. The highest BCUT2D eigenvalue weighted by atomic mass is 16.5. The third kappa shape index (κ3) is 0.944. The van der Waals surface area contributed by atoms with Gasteiger partial charge in [-0.05, 0) is 12.0 Å². The van der Waals surface area contributed by atoms with Crippen LogP contribution in [-0.2, 0) is 21.5 Å². The summed E-state index contributed by atoms with van der Waals surface area (Å²) < 4.78 is 9.98. The minimum atomic E-state index is -1.03. The minimum absolute atomic E-state index is 0.0184. The van der Waals surface area contributed by atoms with Crippen LogP contribution in [0, 0.1) is 5.92 Å². The molecular formula is C10H13NO3. The predicted molar refractivity (Wildman–Crippen MR) is 49.5 cm³/mol. The SMILES string of the molecule is COC(=O)C1(N)c2ccoc2CC1C. The van der Waals surface area contributed by atoms with Gasteiger partial charge in [0.25, 0.3) is 0 Å². The molecule has 0 bridgehead atoms. The van der Waals surface area contributed by atoms with E-state index < -0.39 is 11.5 Å². The fraction of sp³-hybridized carbons (Fsp3) is 0.500. The molecular weight excluding hydrogens is 182 g/mol. The Labute approximate surface area is 82.0 Å². The molecule has 2 rings (SSSR count). The maximum Gasteiger partial charge on any atom is 0.330 e. The third-order valence-corrected chi connectivity index (χ3v) is 2.98. The second-order valence-electron chi connectivity index (χ2n) is 3.72. The molecule has 0 spiro atoms. The highest BCUT2D eigenvalue weighted by molar-refractivity contribution is 5.84. The first-order valence-electron chi connectivity index (χ1n) is 4.54. The second-order valence-corrected chi connectivity index (χ2v) is 3.72. The van der Waals surface area contributed by atoms with E-state index in [-0.39, 0.29) is 5.92 Å². The summed E-state index contributed by atoms with van der Waals surface area (Å²) in [6, 6.07) is 1.75. The van der Waals surface area contributed by atoms with Crippen LogP contribution in [0.25, 0.3) is 0 Å². The smallest absolute Gasteiger partial charge is 0.330 e. The van der Waals surface area contributed by atoms with Crippen molar-refractivity contribution in [2.75, 3.05) is 7.11 Å². The van der Waals surface area contributed by atoms with Crippen molar-refractivity contribution in [3.63, 3.8) is 0 Å². The maximum absolute atomic E-state index is 11.6. The van der Waals surface area contributed by atoms with Gasteiger partial charge in [0.15, 0.2) is 0 Å². The first kappa shape index (κ1) is 9.27. The second kappa shape index (κ2) is 2.85. The fourth-order valence-corrected chi connectivity index (χ4v) is 2.05. The molecule has 4 nitrogen and oxygen atoms in total. The van der Waals surface area contributed by atoms with Crippen molar-refractivity contribution in [3.8, 4) is 0 Å². The van der Waals surface area contributed by atoms with Crippen LogP contribution in [0.15, 0.2) is 16.7 Å². The van der Waals surface area contributed by atoms with Gasteiger partial charge in [0, 0.05) is 12.0 Å². The zero-order chi connectivity index (χ0) is 10.3. The van der Waals surface area contributed by atoms with Gasteiger partial charge in [-0.25, -0.2) is 4.79 Å². The number of ether oxygens (including phenoxy) is 1. The zero-order valence-electron chi connectivity index (χ0n) is 8.24. The number of hydrogen-bond donors (Lipinski definition) is 1. The quantitative estimate of drug-likeness (QED) is 0.673. The van der Waals surface area contributed by atoms with Crippen molar-refractivity contribution in [1.29, 1.82) is 0 Å². The van der Waals surface area contributed by atoms with Gasteiger partial charge in [-0.3, -0.25) is 0 Å². The van der Waals surface area contributed by atoms with Crippen molar-refractivity contribution < 1.29 is 13.9 Å². The lowest BCUT2D eigenvalue weighted by atomic mass is 9.86. The molecule has 1 aliphatic carbocycles. The number of carbonyl (C=O) groups is 1. The van der Waals surface area contributed by atoms with E-state index in [0.29, 0.717) is 6.42 Å². The summed E-state index contributed by atoms with van der Waals surface area (Å²) in [6.07, 6.45) is 2.25. The van der Waals surface area contributed by atoms with E-state index in [1.165, 1.54) is 7.11 Å². The monoisotopic (exact) mass is 195 g/mol. The van der Waals surface area contributed by atoms with Crippen molar-refractivity contribution in [2.24, 2.45) is 11.7 Å². The average Bonchev–Trinajstić information content (AvgIpc) is 2.70. The van der Waals surface area contributed by atoms with Crippen LogP contribution < -0.4 is 5.73 Å². The van der Waals surface area contributed by atoms with Gasteiger partial charge in [0.2, 0.25) is 0 Å². The molecule has 2 N–H and O–H groups in total. The predicted octanol–water partition coefficient (Wildman–Crippen LogP) is 0.799. The Morgan fingerprint density at radius 3 is 3.14 bits per heavy atom. The normalized spacial score (nSPS) is 30.1. The van der Waals surface area contributed by atoms with E-state index in [1.807, 2.05) is 6.92 Å². The summed E-state index contributed by atoms with van der Waals surface area (Å²) in [4.78, 5) is 11.6. The molecule has 0 aromatic carbocycles. The standard InChI is InChI=1S/C10H13NO3/c1-6-5-8-7(3-4-14-8)10(6,11)9(12)13-2/h3-4,6H,5,11H2,1-2H3. The van der Waals surface area contributed by atoms with E-state index in [0.717, 1.165) is 11.3 Å². The van der Waals surface area contributed by atoms with Gasteiger partial charge in [-0.1, -0.05) is 6.92 Å². The van der Waals surface area contributed by atoms with Crippen molar-refractivity contribution in [1.82, 2.24) is 0 Å². The van der Waals surface area contributed by atoms with Gasteiger partial charge < -0.3 is 14.9 Å². The lowest BCUT2D eigenvalue weighted by Crippen LogP contribution is -2.48. The molecule has 2 unspecified atom stereocenters. The van der Waals surface area contributed by atoms with Crippen molar-refractivity contribution in [2.45, 2.75) is 18.9 Å². The van der Waals surface area contributed by atoms with Crippen LogP contribution in [0.2, 0.25) is 0 Å². The lowest BCUT2D eigenvalue weighted by Gasteiger charge is -2.25. The maximum atomic E-state index is 11.6. The highest BCUT2D eigenvalue weighted by Gasteiger charge is 2.50. The molecule has 4 heteroatoms. The highest BCUT2D eigenvalue weighted by Crippen LogP contribution is 2.40.